The van der Waals surface area contributed by atoms with Crippen molar-refractivity contribution in [2.45, 2.75) is 11.8 Å². The highest BCUT2D eigenvalue weighted by Crippen LogP contribution is 2.20. The van der Waals surface area contributed by atoms with Gasteiger partial charge in [-0.1, -0.05) is 0 Å². The normalized spacial score (nSPS) is 13.7. The zero-order valence-electron chi connectivity index (χ0n) is 9.88. The summed E-state index contributed by atoms with van der Waals surface area (Å²) in [5, 5.41) is 0. The summed E-state index contributed by atoms with van der Waals surface area (Å²) in [7, 11) is -3.60. The van der Waals surface area contributed by atoms with E-state index in [1.807, 2.05) is 0 Å². The Balaban J connectivity index is 3.18. The summed E-state index contributed by atoms with van der Waals surface area (Å²) in [6, 6.07) is 3.41. The van der Waals surface area contributed by atoms with Gasteiger partial charge in [0.15, 0.2) is 9.84 Å². The summed E-state index contributed by atoms with van der Waals surface area (Å²) in [5.41, 5.74) is 10.9. The number of aliphatic imine (C=N–C) groups is 2. The van der Waals surface area contributed by atoms with Crippen molar-refractivity contribution in [1.29, 1.82) is 0 Å². The molecular weight excluding hydrogens is 259 g/mol. The Morgan fingerprint density at radius 3 is 2.39 bits per heavy atom. The van der Waals surface area contributed by atoms with Gasteiger partial charge in [-0.3, -0.25) is 0 Å². The van der Waals surface area contributed by atoms with Gasteiger partial charge in [-0.25, -0.2) is 22.8 Å². The molecule has 0 radical (unpaired) electrons. The molecule has 0 aliphatic carbocycles. The lowest BCUT2D eigenvalue weighted by atomic mass is 10.3. The van der Waals surface area contributed by atoms with Gasteiger partial charge in [-0.05, 0) is 19.1 Å². The lowest BCUT2D eigenvalue weighted by Gasteiger charge is -2.01. The maximum absolute atomic E-state index is 13.5. The van der Waals surface area contributed by atoms with Crippen LogP contribution in [0, 0.1) is 5.82 Å². The van der Waals surface area contributed by atoms with E-state index in [1.165, 1.54) is 13.0 Å². The van der Waals surface area contributed by atoms with Crippen LogP contribution < -0.4 is 11.5 Å². The summed E-state index contributed by atoms with van der Waals surface area (Å²) in [6.07, 6.45) is 0.921. The molecular formula is C10H13FN4O2S. The average molecular weight is 272 g/mol. The van der Waals surface area contributed by atoms with Crippen LogP contribution in [0.25, 0.3) is 0 Å². The molecule has 1 rings (SSSR count). The summed E-state index contributed by atoms with van der Waals surface area (Å²) in [6.45, 7) is 1.52. The van der Waals surface area contributed by atoms with E-state index < -0.39 is 20.5 Å². The molecule has 98 valence electrons. The number of halogens is 1. The fourth-order valence-electron chi connectivity index (χ4n) is 1.20. The van der Waals surface area contributed by atoms with E-state index in [-0.39, 0.29) is 17.5 Å². The van der Waals surface area contributed by atoms with Crippen LogP contribution in [0.4, 0.5) is 10.1 Å². The number of hydrogen-bond acceptors (Lipinski definition) is 3. The van der Waals surface area contributed by atoms with Crippen molar-refractivity contribution in [3.63, 3.8) is 0 Å². The predicted octanol–water partition coefficient (Wildman–Crippen LogP) is 0.553. The highest BCUT2D eigenvalue weighted by Gasteiger charge is 2.13. The standard InChI is InChI=1S/C10H13FN4O2S/c1-6(12)14-10(13)15-7-3-4-9(8(11)5-7)18(2,16)17/h3-5H,1-2H3,(H4,12,13,14,15). The molecule has 0 heterocycles. The van der Waals surface area contributed by atoms with E-state index in [4.69, 9.17) is 11.5 Å². The van der Waals surface area contributed by atoms with Crippen LogP contribution in [0.3, 0.4) is 0 Å². The van der Waals surface area contributed by atoms with Crippen molar-refractivity contribution >= 4 is 27.3 Å². The first-order valence-electron chi connectivity index (χ1n) is 4.84. The van der Waals surface area contributed by atoms with Crippen LogP contribution >= 0.6 is 0 Å². The van der Waals surface area contributed by atoms with E-state index in [0.29, 0.717) is 0 Å². The van der Waals surface area contributed by atoms with Crippen LogP contribution in [-0.4, -0.2) is 26.5 Å². The minimum absolute atomic E-state index is 0.137. The lowest BCUT2D eigenvalue weighted by molar-refractivity contribution is 0.571. The topological polar surface area (TPSA) is 111 Å². The molecule has 1 aromatic carbocycles. The number of sulfone groups is 1. The number of nitrogens with two attached hydrogens (primary N) is 2. The van der Waals surface area contributed by atoms with E-state index in [9.17, 15) is 12.8 Å². The van der Waals surface area contributed by atoms with Crippen LogP contribution in [-0.2, 0) is 9.84 Å². The third-order valence-electron chi connectivity index (χ3n) is 1.85. The van der Waals surface area contributed by atoms with Crippen LogP contribution in [0.15, 0.2) is 33.1 Å². The molecule has 0 aliphatic heterocycles. The Bertz CT molecular complexity index is 619. The van der Waals surface area contributed by atoms with E-state index >= 15 is 0 Å². The molecule has 0 fully saturated rings. The monoisotopic (exact) mass is 272 g/mol. The number of amidine groups is 1. The molecule has 8 heteroatoms. The summed E-state index contributed by atoms with van der Waals surface area (Å²) in [4.78, 5) is 7.04. The van der Waals surface area contributed by atoms with Gasteiger partial charge in [-0.15, -0.1) is 0 Å². The van der Waals surface area contributed by atoms with Crippen LogP contribution in [0.2, 0.25) is 0 Å². The second kappa shape index (κ2) is 5.13. The minimum atomic E-state index is -3.60. The molecule has 0 bridgehead atoms. The zero-order chi connectivity index (χ0) is 13.9. The van der Waals surface area contributed by atoms with Gasteiger partial charge in [0, 0.05) is 12.3 Å². The Morgan fingerprint density at radius 1 is 1.33 bits per heavy atom. The first-order chi connectivity index (χ1) is 8.20. The second-order valence-corrected chi connectivity index (χ2v) is 5.59. The first kappa shape index (κ1) is 14.1. The van der Waals surface area contributed by atoms with Crippen LogP contribution in [0.5, 0.6) is 0 Å². The quantitative estimate of drug-likeness (QED) is 0.605. The van der Waals surface area contributed by atoms with Gasteiger partial charge >= 0.3 is 0 Å². The minimum Gasteiger partial charge on any atom is -0.387 e. The van der Waals surface area contributed by atoms with Gasteiger partial charge in [0.2, 0.25) is 5.96 Å². The fraction of sp³-hybridized carbons (Fsp3) is 0.200. The SMILES string of the molecule is C/C(N)=N\C(N)=Nc1ccc(S(C)(=O)=O)c(F)c1. The second-order valence-electron chi connectivity index (χ2n) is 3.61. The smallest absolute Gasteiger partial charge is 0.222 e. The molecule has 0 spiro atoms. The number of hydrogen-bond donors (Lipinski definition) is 2. The van der Waals surface area contributed by atoms with Crippen LogP contribution in [0.1, 0.15) is 6.92 Å². The summed E-state index contributed by atoms with van der Waals surface area (Å²) >= 11 is 0. The lowest BCUT2D eigenvalue weighted by Crippen LogP contribution is -2.15. The molecule has 4 N–H and O–H groups in total. The predicted molar refractivity (Wildman–Crippen MR) is 68.1 cm³/mol. The third-order valence-corrected chi connectivity index (χ3v) is 2.98. The molecule has 0 aliphatic rings. The fourth-order valence-corrected chi connectivity index (χ4v) is 1.93. The first-order valence-corrected chi connectivity index (χ1v) is 6.74. The molecule has 0 saturated carbocycles. The van der Waals surface area contributed by atoms with Gasteiger partial charge in [-0.2, -0.15) is 0 Å². The molecule has 0 unspecified atom stereocenters. The molecule has 0 saturated heterocycles. The number of guanidine groups is 1. The van der Waals surface area contributed by atoms with Crippen molar-refractivity contribution < 1.29 is 12.8 Å². The Labute approximate surface area is 104 Å². The van der Waals surface area contributed by atoms with Crippen molar-refractivity contribution in [1.82, 2.24) is 0 Å². The van der Waals surface area contributed by atoms with Crippen molar-refractivity contribution in [2.24, 2.45) is 21.5 Å². The van der Waals surface area contributed by atoms with Crippen molar-refractivity contribution in [3.05, 3.63) is 24.0 Å². The zero-order valence-corrected chi connectivity index (χ0v) is 10.7. The van der Waals surface area contributed by atoms with Crippen molar-refractivity contribution in [3.8, 4) is 0 Å². The number of benzene rings is 1. The van der Waals surface area contributed by atoms with Gasteiger partial charge in [0.05, 0.1) is 11.5 Å². The summed E-state index contributed by atoms with van der Waals surface area (Å²) in [5.74, 6) is -0.814. The number of rotatable bonds is 2. The molecule has 0 amide bonds. The molecule has 0 aromatic heterocycles. The van der Waals surface area contributed by atoms with Crippen molar-refractivity contribution in [2.75, 3.05) is 6.26 Å². The van der Waals surface area contributed by atoms with Gasteiger partial charge < -0.3 is 11.5 Å². The number of nitrogens with zero attached hydrogens (tertiary/aromatic N) is 2. The molecule has 6 nitrogen and oxygen atoms in total. The van der Waals surface area contributed by atoms with Gasteiger partial charge in [0.25, 0.3) is 0 Å². The average Bonchev–Trinajstić information content (AvgIpc) is 2.13. The van der Waals surface area contributed by atoms with E-state index in [2.05, 4.69) is 9.98 Å². The Morgan fingerprint density at radius 2 is 1.94 bits per heavy atom. The maximum atomic E-state index is 13.5. The molecule has 1 aromatic rings. The van der Waals surface area contributed by atoms with E-state index in [1.54, 1.807) is 0 Å². The largest absolute Gasteiger partial charge is 0.387 e. The maximum Gasteiger partial charge on any atom is 0.222 e. The molecule has 18 heavy (non-hydrogen) atoms. The Kier molecular flexibility index (Phi) is 4.02. The highest BCUT2D eigenvalue weighted by atomic mass is 32.2. The summed E-state index contributed by atoms with van der Waals surface area (Å²) < 4.78 is 35.9. The molecule has 0 atom stereocenters. The third kappa shape index (κ3) is 3.81. The van der Waals surface area contributed by atoms with Gasteiger partial charge in [0.1, 0.15) is 10.7 Å². The van der Waals surface area contributed by atoms with E-state index in [0.717, 1.165) is 18.4 Å². The Hall–Kier alpha value is -1.96. The highest BCUT2D eigenvalue weighted by molar-refractivity contribution is 7.90.